The standard InChI is InChI=1S/C8H16N2O3/c1-2-13-8(12)4-3-5-10-7(11)6-9/h2-6,9H2,1H3,(H,10,11). The molecule has 0 fully saturated rings. The highest BCUT2D eigenvalue weighted by Gasteiger charge is 2.01. The highest BCUT2D eigenvalue weighted by molar-refractivity contribution is 5.77. The highest BCUT2D eigenvalue weighted by atomic mass is 16.5. The molecule has 0 saturated heterocycles. The molecular formula is C8H16N2O3. The SMILES string of the molecule is CCOC(=O)CCCNC(=O)CN. The number of rotatable bonds is 6. The van der Waals surface area contributed by atoms with Gasteiger partial charge in [-0.15, -0.1) is 0 Å². The molecule has 0 rings (SSSR count). The molecule has 5 nitrogen and oxygen atoms in total. The van der Waals surface area contributed by atoms with E-state index in [2.05, 4.69) is 5.32 Å². The first-order valence-electron chi connectivity index (χ1n) is 4.33. The molecule has 0 heterocycles. The van der Waals surface area contributed by atoms with Crippen molar-refractivity contribution < 1.29 is 14.3 Å². The number of esters is 1. The van der Waals surface area contributed by atoms with Gasteiger partial charge < -0.3 is 15.8 Å². The smallest absolute Gasteiger partial charge is 0.305 e. The van der Waals surface area contributed by atoms with Crippen molar-refractivity contribution in [2.45, 2.75) is 19.8 Å². The van der Waals surface area contributed by atoms with E-state index in [0.717, 1.165) is 0 Å². The molecule has 0 unspecified atom stereocenters. The molecule has 0 bridgehead atoms. The summed E-state index contributed by atoms with van der Waals surface area (Å²) in [4.78, 5) is 21.4. The Kier molecular flexibility index (Phi) is 6.91. The van der Waals surface area contributed by atoms with Crippen molar-refractivity contribution in [2.75, 3.05) is 19.7 Å². The van der Waals surface area contributed by atoms with E-state index in [9.17, 15) is 9.59 Å². The summed E-state index contributed by atoms with van der Waals surface area (Å²) in [6.07, 6.45) is 0.920. The fourth-order valence-electron chi connectivity index (χ4n) is 0.766. The van der Waals surface area contributed by atoms with Crippen LogP contribution >= 0.6 is 0 Å². The zero-order valence-corrected chi connectivity index (χ0v) is 7.84. The molecule has 13 heavy (non-hydrogen) atoms. The summed E-state index contributed by atoms with van der Waals surface area (Å²) in [5, 5.41) is 2.56. The second-order valence-electron chi connectivity index (χ2n) is 2.46. The Balaban J connectivity index is 3.25. The Morgan fingerprint density at radius 1 is 1.46 bits per heavy atom. The molecule has 0 aliphatic carbocycles. The molecule has 0 aliphatic rings. The average molecular weight is 188 g/mol. The summed E-state index contributed by atoms with van der Waals surface area (Å²) in [6, 6.07) is 0. The molecule has 3 N–H and O–H groups in total. The maximum Gasteiger partial charge on any atom is 0.305 e. The van der Waals surface area contributed by atoms with Gasteiger partial charge in [-0.05, 0) is 13.3 Å². The minimum atomic E-state index is -0.232. The zero-order chi connectivity index (χ0) is 10.1. The molecule has 0 spiro atoms. The molecule has 0 atom stereocenters. The van der Waals surface area contributed by atoms with Crippen molar-refractivity contribution in [3.8, 4) is 0 Å². The summed E-state index contributed by atoms with van der Waals surface area (Å²) in [5.41, 5.74) is 5.06. The van der Waals surface area contributed by atoms with Gasteiger partial charge in [0, 0.05) is 13.0 Å². The molecule has 0 aromatic carbocycles. The van der Waals surface area contributed by atoms with E-state index < -0.39 is 0 Å². The van der Waals surface area contributed by atoms with Crippen LogP contribution in [0.25, 0.3) is 0 Å². The van der Waals surface area contributed by atoms with E-state index in [1.54, 1.807) is 6.92 Å². The fourth-order valence-corrected chi connectivity index (χ4v) is 0.766. The van der Waals surface area contributed by atoms with Crippen LogP contribution in [-0.4, -0.2) is 31.6 Å². The van der Waals surface area contributed by atoms with Gasteiger partial charge in [-0.2, -0.15) is 0 Å². The minimum Gasteiger partial charge on any atom is -0.466 e. The predicted molar refractivity (Wildman–Crippen MR) is 47.9 cm³/mol. The number of carbonyl (C=O) groups is 2. The molecule has 0 aromatic heterocycles. The van der Waals surface area contributed by atoms with Crippen molar-refractivity contribution in [3.05, 3.63) is 0 Å². The summed E-state index contributed by atoms with van der Waals surface area (Å²) >= 11 is 0. The molecule has 0 saturated carbocycles. The third kappa shape index (κ3) is 7.27. The van der Waals surface area contributed by atoms with E-state index in [-0.39, 0.29) is 18.4 Å². The second kappa shape index (κ2) is 7.54. The predicted octanol–water partition coefficient (Wildman–Crippen LogP) is -0.595. The highest BCUT2D eigenvalue weighted by Crippen LogP contribution is 1.90. The lowest BCUT2D eigenvalue weighted by atomic mass is 10.3. The first-order chi connectivity index (χ1) is 6.20. The topological polar surface area (TPSA) is 81.4 Å². The van der Waals surface area contributed by atoms with Gasteiger partial charge in [0.15, 0.2) is 0 Å². The first-order valence-corrected chi connectivity index (χ1v) is 4.33. The van der Waals surface area contributed by atoms with Gasteiger partial charge in [-0.25, -0.2) is 0 Å². The molecule has 0 aromatic rings. The van der Waals surface area contributed by atoms with Crippen LogP contribution in [0, 0.1) is 0 Å². The van der Waals surface area contributed by atoms with Crippen LogP contribution in [0.1, 0.15) is 19.8 Å². The lowest BCUT2D eigenvalue weighted by Crippen LogP contribution is -2.31. The third-order valence-electron chi connectivity index (χ3n) is 1.37. The number of hydrogen-bond acceptors (Lipinski definition) is 4. The van der Waals surface area contributed by atoms with E-state index in [0.29, 0.717) is 26.0 Å². The summed E-state index contributed by atoms with van der Waals surface area (Å²) < 4.78 is 4.70. The number of amides is 1. The Labute approximate surface area is 77.6 Å². The summed E-state index contributed by atoms with van der Waals surface area (Å²) in [7, 11) is 0. The minimum absolute atomic E-state index is 0.0145. The largest absolute Gasteiger partial charge is 0.466 e. The fraction of sp³-hybridized carbons (Fsp3) is 0.750. The van der Waals surface area contributed by atoms with Gasteiger partial charge in [0.2, 0.25) is 5.91 Å². The lowest BCUT2D eigenvalue weighted by Gasteiger charge is -2.03. The zero-order valence-electron chi connectivity index (χ0n) is 7.84. The van der Waals surface area contributed by atoms with Crippen LogP contribution in [0.3, 0.4) is 0 Å². The lowest BCUT2D eigenvalue weighted by molar-refractivity contribution is -0.143. The van der Waals surface area contributed by atoms with Crippen molar-refractivity contribution in [3.63, 3.8) is 0 Å². The van der Waals surface area contributed by atoms with Crippen LogP contribution in [0.15, 0.2) is 0 Å². The molecule has 0 aliphatic heterocycles. The maximum atomic E-state index is 10.8. The van der Waals surface area contributed by atoms with Gasteiger partial charge in [-0.1, -0.05) is 0 Å². The van der Waals surface area contributed by atoms with E-state index in [1.807, 2.05) is 0 Å². The van der Waals surface area contributed by atoms with Crippen LogP contribution in [0.5, 0.6) is 0 Å². The van der Waals surface area contributed by atoms with Crippen LogP contribution in [0.4, 0.5) is 0 Å². The van der Waals surface area contributed by atoms with E-state index in [4.69, 9.17) is 10.5 Å². The van der Waals surface area contributed by atoms with E-state index in [1.165, 1.54) is 0 Å². The van der Waals surface area contributed by atoms with Crippen molar-refractivity contribution in [2.24, 2.45) is 5.73 Å². The Morgan fingerprint density at radius 2 is 2.15 bits per heavy atom. The van der Waals surface area contributed by atoms with Crippen molar-refractivity contribution >= 4 is 11.9 Å². The molecule has 5 heteroatoms. The van der Waals surface area contributed by atoms with Crippen LogP contribution in [0.2, 0.25) is 0 Å². The van der Waals surface area contributed by atoms with Crippen LogP contribution < -0.4 is 11.1 Å². The quantitative estimate of drug-likeness (QED) is 0.431. The molecular weight excluding hydrogens is 172 g/mol. The first kappa shape index (κ1) is 11.9. The summed E-state index contributed by atoms with van der Waals surface area (Å²) in [6.45, 7) is 2.61. The molecule has 1 amide bonds. The number of hydrogen-bond donors (Lipinski definition) is 2. The monoisotopic (exact) mass is 188 g/mol. The van der Waals surface area contributed by atoms with Gasteiger partial charge in [0.25, 0.3) is 0 Å². The molecule has 0 radical (unpaired) electrons. The second-order valence-corrected chi connectivity index (χ2v) is 2.46. The van der Waals surface area contributed by atoms with Crippen molar-refractivity contribution in [1.82, 2.24) is 5.32 Å². The number of ether oxygens (including phenoxy) is 1. The normalized spacial score (nSPS) is 9.38. The number of carbonyl (C=O) groups excluding carboxylic acids is 2. The third-order valence-corrected chi connectivity index (χ3v) is 1.37. The van der Waals surface area contributed by atoms with Gasteiger partial charge in [-0.3, -0.25) is 9.59 Å². The Bertz CT molecular complexity index is 171. The van der Waals surface area contributed by atoms with Gasteiger partial charge in [0.1, 0.15) is 0 Å². The van der Waals surface area contributed by atoms with Gasteiger partial charge in [0.05, 0.1) is 13.2 Å². The van der Waals surface area contributed by atoms with Gasteiger partial charge >= 0.3 is 5.97 Å². The number of nitrogens with two attached hydrogens (primary N) is 1. The van der Waals surface area contributed by atoms with Crippen LogP contribution in [-0.2, 0) is 14.3 Å². The number of nitrogens with one attached hydrogen (secondary N) is 1. The van der Waals surface area contributed by atoms with Crippen molar-refractivity contribution in [1.29, 1.82) is 0 Å². The Morgan fingerprint density at radius 3 is 2.69 bits per heavy atom. The maximum absolute atomic E-state index is 10.8. The molecule has 76 valence electrons. The Hall–Kier alpha value is -1.10. The van der Waals surface area contributed by atoms with E-state index >= 15 is 0 Å². The average Bonchev–Trinajstić information content (AvgIpc) is 2.12. The summed E-state index contributed by atoms with van der Waals surface area (Å²) in [5.74, 6) is -0.437.